The van der Waals surface area contributed by atoms with E-state index in [9.17, 15) is 13.6 Å². The van der Waals surface area contributed by atoms with Gasteiger partial charge in [0.15, 0.2) is 11.6 Å². The van der Waals surface area contributed by atoms with E-state index in [0.29, 0.717) is 5.01 Å². The van der Waals surface area contributed by atoms with E-state index in [4.69, 9.17) is 15.2 Å². The molecule has 2 N–H and O–H groups in total. The number of nitrogens with zero attached hydrogens (tertiary/aromatic N) is 1. The standard InChI is InChI=1S/C19H16F2N2O3S/c1-10-18(11-3-5-12(25-2)6-4-11)23-15(27-10)9-26-14-8-7-13(20)16(17(14)21)19(22)24/h3-8H,9H2,1-2H3,(H2,22,24). The molecular weight excluding hydrogens is 374 g/mol. The lowest BCUT2D eigenvalue weighted by Gasteiger charge is -2.08. The van der Waals surface area contributed by atoms with Crippen molar-refractivity contribution in [1.82, 2.24) is 4.98 Å². The van der Waals surface area contributed by atoms with Gasteiger partial charge in [0.1, 0.15) is 28.7 Å². The third-order valence-corrected chi connectivity index (χ3v) is 4.80. The Labute approximate surface area is 158 Å². The minimum absolute atomic E-state index is 0.0254. The van der Waals surface area contributed by atoms with Gasteiger partial charge in [0.2, 0.25) is 0 Å². The first kappa shape index (κ1) is 18.8. The van der Waals surface area contributed by atoms with Crippen molar-refractivity contribution in [2.24, 2.45) is 5.73 Å². The number of aryl methyl sites for hydroxylation is 1. The summed E-state index contributed by atoms with van der Waals surface area (Å²) >= 11 is 1.40. The maximum Gasteiger partial charge on any atom is 0.254 e. The van der Waals surface area contributed by atoms with Gasteiger partial charge in [0.05, 0.1) is 12.8 Å². The number of carbonyl (C=O) groups excluding carboxylic acids is 1. The number of amides is 1. The van der Waals surface area contributed by atoms with Gasteiger partial charge in [-0.25, -0.2) is 13.8 Å². The number of hydrogen-bond donors (Lipinski definition) is 1. The fraction of sp³-hybridized carbons (Fsp3) is 0.158. The Hall–Kier alpha value is -3.00. The second-order valence-electron chi connectivity index (χ2n) is 5.63. The lowest BCUT2D eigenvalue weighted by molar-refractivity contribution is 0.0991. The lowest BCUT2D eigenvalue weighted by atomic mass is 10.1. The molecule has 0 radical (unpaired) electrons. The Morgan fingerprint density at radius 3 is 2.52 bits per heavy atom. The zero-order chi connectivity index (χ0) is 19.6. The molecule has 0 atom stereocenters. The molecule has 2 aromatic carbocycles. The van der Waals surface area contributed by atoms with Crippen LogP contribution in [-0.4, -0.2) is 18.0 Å². The Morgan fingerprint density at radius 2 is 1.89 bits per heavy atom. The van der Waals surface area contributed by atoms with Gasteiger partial charge >= 0.3 is 0 Å². The van der Waals surface area contributed by atoms with E-state index in [2.05, 4.69) is 4.98 Å². The molecule has 0 saturated carbocycles. The Bertz CT molecular complexity index is 987. The molecular formula is C19H16F2N2O3S. The van der Waals surface area contributed by atoms with Crippen molar-refractivity contribution < 1.29 is 23.0 Å². The number of rotatable bonds is 6. The van der Waals surface area contributed by atoms with Crippen molar-refractivity contribution in [1.29, 1.82) is 0 Å². The molecule has 0 bridgehead atoms. The predicted octanol–water partition coefficient (Wildman–Crippen LogP) is 4.08. The topological polar surface area (TPSA) is 74.4 Å². The molecule has 5 nitrogen and oxygen atoms in total. The van der Waals surface area contributed by atoms with Crippen molar-refractivity contribution in [3.63, 3.8) is 0 Å². The second-order valence-corrected chi connectivity index (χ2v) is 6.92. The van der Waals surface area contributed by atoms with Crippen LogP contribution in [0.1, 0.15) is 20.2 Å². The van der Waals surface area contributed by atoms with Crippen LogP contribution in [0.25, 0.3) is 11.3 Å². The smallest absolute Gasteiger partial charge is 0.254 e. The monoisotopic (exact) mass is 390 g/mol. The van der Waals surface area contributed by atoms with Gasteiger partial charge in [-0.05, 0) is 43.3 Å². The number of carbonyl (C=O) groups is 1. The van der Waals surface area contributed by atoms with Gasteiger partial charge in [-0.15, -0.1) is 11.3 Å². The molecule has 140 valence electrons. The Kier molecular flexibility index (Phi) is 5.36. The van der Waals surface area contributed by atoms with E-state index >= 15 is 0 Å². The number of primary amides is 1. The first-order chi connectivity index (χ1) is 12.9. The van der Waals surface area contributed by atoms with Gasteiger partial charge in [-0.2, -0.15) is 0 Å². The van der Waals surface area contributed by atoms with Crippen LogP contribution in [0.15, 0.2) is 36.4 Å². The van der Waals surface area contributed by atoms with Crippen molar-refractivity contribution in [3.8, 4) is 22.8 Å². The fourth-order valence-electron chi connectivity index (χ4n) is 2.54. The van der Waals surface area contributed by atoms with Gasteiger partial charge < -0.3 is 15.2 Å². The molecule has 0 saturated heterocycles. The molecule has 1 aromatic heterocycles. The number of benzene rings is 2. The van der Waals surface area contributed by atoms with Crippen molar-refractivity contribution >= 4 is 17.2 Å². The number of thiazole rings is 1. The number of hydrogen-bond acceptors (Lipinski definition) is 5. The highest BCUT2D eigenvalue weighted by molar-refractivity contribution is 7.12. The highest BCUT2D eigenvalue weighted by Gasteiger charge is 2.20. The Morgan fingerprint density at radius 1 is 1.19 bits per heavy atom. The number of ether oxygens (including phenoxy) is 2. The maximum atomic E-state index is 14.2. The molecule has 1 amide bonds. The van der Waals surface area contributed by atoms with E-state index in [0.717, 1.165) is 34.0 Å². The van der Waals surface area contributed by atoms with Gasteiger partial charge in [0, 0.05) is 10.4 Å². The van der Waals surface area contributed by atoms with Crippen LogP contribution in [0.4, 0.5) is 8.78 Å². The third kappa shape index (κ3) is 3.90. The first-order valence-corrected chi connectivity index (χ1v) is 8.73. The van der Waals surface area contributed by atoms with Gasteiger partial charge in [0.25, 0.3) is 5.91 Å². The summed E-state index contributed by atoms with van der Waals surface area (Å²) in [4.78, 5) is 16.7. The number of nitrogens with two attached hydrogens (primary N) is 1. The number of aromatic nitrogens is 1. The van der Waals surface area contributed by atoms with Crippen LogP contribution in [0.3, 0.4) is 0 Å². The van der Waals surface area contributed by atoms with Crippen LogP contribution in [0.5, 0.6) is 11.5 Å². The average molecular weight is 390 g/mol. The summed E-state index contributed by atoms with van der Waals surface area (Å²) in [6, 6.07) is 9.51. The summed E-state index contributed by atoms with van der Waals surface area (Å²) in [5.74, 6) is -2.86. The average Bonchev–Trinajstić information content (AvgIpc) is 3.01. The maximum absolute atomic E-state index is 14.2. The Balaban J connectivity index is 1.80. The van der Waals surface area contributed by atoms with Crippen molar-refractivity contribution in [3.05, 3.63) is 63.5 Å². The van der Waals surface area contributed by atoms with Crippen molar-refractivity contribution in [2.75, 3.05) is 7.11 Å². The molecule has 0 aliphatic heterocycles. The van der Waals surface area contributed by atoms with Crippen LogP contribution in [0.2, 0.25) is 0 Å². The largest absolute Gasteiger partial charge is 0.497 e. The molecule has 0 aliphatic carbocycles. The van der Waals surface area contributed by atoms with Crippen LogP contribution in [0, 0.1) is 18.6 Å². The van der Waals surface area contributed by atoms with E-state index < -0.39 is 23.1 Å². The summed E-state index contributed by atoms with van der Waals surface area (Å²) in [7, 11) is 1.59. The normalized spacial score (nSPS) is 10.7. The summed E-state index contributed by atoms with van der Waals surface area (Å²) in [6.45, 7) is 1.90. The highest BCUT2D eigenvalue weighted by Crippen LogP contribution is 2.30. The van der Waals surface area contributed by atoms with Gasteiger partial charge in [-0.3, -0.25) is 4.79 Å². The summed E-state index contributed by atoms with van der Waals surface area (Å²) in [5.41, 5.74) is 5.90. The van der Waals surface area contributed by atoms with Crippen LogP contribution >= 0.6 is 11.3 Å². The molecule has 0 aliphatic rings. The third-order valence-electron chi connectivity index (χ3n) is 3.86. The molecule has 0 fully saturated rings. The molecule has 8 heteroatoms. The van der Waals surface area contributed by atoms with E-state index in [-0.39, 0.29) is 12.4 Å². The van der Waals surface area contributed by atoms with E-state index in [1.54, 1.807) is 7.11 Å². The molecule has 3 aromatic rings. The minimum atomic E-state index is -1.19. The zero-order valence-electron chi connectivity index (χ0n) is 14.6. The summed E-state index contributed by atoms with van der Waals surface area (Å²) in [5, 5.41) is 0.614. The van der Waals surface area contributed by atoms with E-state index in [1.165, 1.54) is 11.3 Å². The first-order valence-electron chi connectivity index (χ1n) is 7.92. The lowest BCUT2D eigenvalue weighted by Crippen LogP contribution is -2.16. The second kappa shape index (κ2) is 7.71. The summed E-state index contributed by atoms with van der Waals surface area (Å²) in [6.07, 6.45) is 0. The molecule has 1 heterocycles. The molecule has 0 spiro atoms. The quantitative estimate of drug-likeness (QED) is 0.688. The number of methoxy groups -OCH3 is 1. The minimum Gasteiger partial charge on any atom is -0.497 e. The molecule has 0 unspecified atom stereocenters. The van der Waals surface area contributed by atoms with E-state index in [1.807, 2.05) is 31.2 Å². The summed E-state index contributed by atoms with van der Waals surface area (Å²) < 4.78 is 38.3. The highest BCUT2D eigenvalue weighted by atomic mass is 32.1. The van der Waals surface area contributed by atoms with Crippen LogP contribution < -0.4 is 15.2 Å². The number of halogens is 2. The van der Waals surface area contributed by atoms with Crippen molar-refractivity contribution in [2.45, 2.75) is 13.5 Å². The SMILES string of the molecule is COc1ccc(-c2nc(COc3ccc(F)c(C(N)=O)c3F)sc2C)cc1. The zero-order valence-corrected chi connectivity index (χ0v) is 15.4. The van der Waals surface area contributed by atoms with Crippen LogP contribution in [-0.2, 0) is 6.61 Å². The molecule has 27 heavy (non-hydrogen) atoms. The van der Waals surface area contributed by atoms with Gasteiger partial charge in [-0.1, -0.05) is 0 Å². The predicted molar refractivity (Wildman–Crippen MR) is 98.0 cm³/mol. The molecule has 3 rings (SSSR count). The fourth-order valence-corrected chi connectivity index (χ4v) is 3.41.